The lowest BCUT2D eigenvalue weighted by molar-refractivity contribution is 0.178. The Labute approximate surface area is 91.0 Å². The molecule has 1 aliphatic heterocycles. The highest BCUT2D eigenvalue weighted by Gasteiger charge is 2.29. The van der Waals surface area contributed by atoms with Crippen molar-refractivity contribution in [1.29, 1.82) is 0 Å². The second-order valence-corrected chi connectivity index (χ2v) is 5.09. The summed E-state index contributed by atoms with van der Waals surface area (Å²) in [5.41, 5.74) is 0. The zero-order valence-electron chi connectivity index (χ0n) is 9.09. The van der Waals surface area contributed by atoms with Gasteiger partial charge in [-0.3, -0.25) is 4.90 Å². The summed E-state index contributed by atoms with van der Waals surface area (Å²) in [6.45, 7) is 8.28. The van der Waals surface area contributed by atoms with Crippen LogP contribution in [0.5, 0.6) is 0 Å². The van der Waals surface area contributed by atoms with Gasteiger partial charge in [-0.1, -0.05) is 29.8 Å². The van der Waals surface area contributed by atoms with E-state index in [9.17, 15) is 0 Å². The molecule has 1 heterocycles. The van der Waals surface area contributed by atoms with Crippen LogP contribution in [0.4, 0.5) is 0 Å². The van der Waals surface area contributed by atoms with E-state index in [2.05, 4.69) is 41.6 Å². The molecular formula is C11H22BrN. The summed E-state index contributed by atoms with van der Waals surface area (Å²) in [4.78, 5) is 2.70. The van der Waals surface area contributed by atoms with Crippen LogP contribution in [0, 0.1) is 5.92 Å². The SMILES string of the molecule is CCC1CCC(C)N1CC(C)CBr. The maximum Gasteiger partial charge on any atom is 0.00961 e. The molecular weight excluding hydrogens is 226 g/mol. The van der Waals surface area contributed by atoms with E-state index < -0.39 is 0 Å². The second kappa shape index (κ2) is 5.35. The van der Waals surface area contributed by atoms with E-state index >= 15 is 0 Å². The van der Waals surface area contributed by atoms with E-state index in [1.807, 2.05) is 0 Å². The molecule has 1 saturated heterocycles. The predicted octanol–water partition coefficient (Wildman–Crippen LogP) is 3.28. The Hall–Kier alpha value is 0.440. The van der Waals surface area contributed by atoms with E-state index in [0.717, 1.165) is 23.3 Å². The molecule has 0 bridgehead atoms. The summed E-state index contributed by atoms with van der Waals surface area (Å²) in [6, 6.07) is 1.67. The number of alkyl halides is 1. The maximum absolute atomic E-state index is 3.56. The molecule has 2 heteroatoms. The van der Waals surface area contributed by atoms with Crippen molar-refractivity contribution in [3.05, 3.63) is 0 Å². The first-order valence-corrected chi connectivity index (χ1v) is 6.62. The standard InChI is InChI=1S/C11H22BrN/c1-4-11-6-5-10(3)13(11)8-9(2)7-12/h9-11H,4-8H2,1-3H3. The molecule has 1 rings (SSSR count). The normalized spacial score (nSPS) is 32.3. The van der Waals surface area contributed by atoms with Crippen molar-refractivity contribution < 1.29 is 0 Å². The zero-order chi connectivity index (χ0) is 9.84. The van der Waals surface area contributed by atoms with Gasteiger partial charge in [0.1, 0.15) is 0 Å². The van der Waals surface area contributed by atoms with E-state index in [-0.39, 0.29) is 0 Å². The number of rotatable bonds is 4. The van der Waals surface area contributed by atoms with Gasteiger partial charge in [0.25, 0.3) is 0 Å². The van der Waals surface area contributed by atoms with Gasteiger partial charge in [0, 0.05) is 24.0 Å². The number of nitrogens with zero attached hydrogens (tertiary/aromatic N) is 1. The van der Waals surface area contributed by atoms with E-state index in [1.165, 1.54) is 25.8 Å². The summed E-state index contributed by atoms with van der Waals surface area (Å²) in [5, 5.41) is 1.13. The summed E-state index contributed by atoms with van der Waals surface area (Å²) in [6.07, 6.45) is 4.12. The third-order valence-corrected chi connectivity index (χ3v) is 4.32. The first-order chi connectivity index (χ1) is 6.19. The van der Waals surface area contributed by atoms with Crippen LogP contribution in [0.3, 0.4) is 0 Å². The van der Waals surface area contributed by atoms with E-state index in [0.29, 0.717) is 0 Å². The molecule has 0 spiro atoms. The first kappa shape index (κ1) is 11.5. The topological polar surface area (TPSA) is 3.24 Å². The fraction of sp³-hybridized carbons (Fsp3) is 1.00. The van der Waals surface area contributed by atoms with E-state index in [1.54, 1.807) is 0 Å². The van der Waals surface area contributed by atoms with Crippen LogP contribution in [-0.2, 0) is 0 Å². The van der Waals surface area contributed by atoms with E-state index in [4.69, 9.17) is 0 Å². The van der Waals surface area contributed by atoms with Crippen LogP contribution in [0.15, 0.2) is 0 Å². The smallest absolute Gasteiger partial charge is 0.00961 e. The molecule has 78 valence electrons. The molecule has 13 heavy (non-hydrogen) atoms. The van der Waals surface area contributed by atoms with Crippen molar-refractivity contribution in [2.24, 2.45) is 5.92 Å². The summed E-state index contributed by atoms with van der Waals surface area (Å²) < 4.78 is 0. The average Bonchev–Trinajstić information content (AvgIpc) is 2.48. The number of halogens is 1. The Bertz CT molecular complexity index is 149. The van der Waals surface area contributed by atoms with Crippen LogP contribution in [0.1, 0.15) is 40.0 Å². The number of likely N-dealkylation sites (tertiary alicyclic amines) is 1. The van der Waals surface area contributed by atoms with Gasteiger partial charge in [0.05, 0.1) is 0 Å². The van der Waals surface area contributed by atoms with Crippen LogP contribution in [-0.4, -0.2) is 28.9 Å². The van der Waals surface area contributed by atoms with Gasteiger partial charge in [-0.05, 0) is 32.1 Å². The molecule has 0 aromatic heterocycles. The lowest BCUT2D eigenvalue weighted by Crippen LogP contribution is -2.37. The summed E-state index contributed by atoms with van der Waals surface area (Å²) >= 11 is 3.56. The molecule has 0 aromatic rings. The quantitative estimate of drug-likeness (QED) is 0.690. The highest BCUT2D eigenvalue weighted by molar-refractivity contribution is 9.09. The molecule has 1 nitrogen and oxygen atoms in total. The lowest BCUT2D eigenvalue weighted by Gasteiger charge is -2.29. The lowest BCUT2D eigenvalue weighted by atomic mass is 10.1. The van der Waals surface area contributed by atoms with Crippen molar-refractivity contribution in [2.45, 2.75) is 52.1 Å². The zero-order valence-corrected chi connectivity index (χ0v) is 10.7. The minimum Gasteiger partial charge on any atom is -0.297 e. The fourth-order valence-corrected chi connectivity index (χ4v) is 2.51. The molecule has 0 saturated carbocycles. The predicted molar refractivity (Wildman–Crippen MR) is 62.4 cm³/mol. The van der Waals surface area contributed by atoms with Gasteiger partial charge in [-0.2, -0.15) is 0 Å². The molecule has 0 radical (unpaired) electrons. The second-order valence-electron chi connectivity index (χ2n) is 4.44. The van der Waals surface area contributed by atoms with Gasteiger partial charge in [0.2, 0.25) is 0 Å². The number of hydrogen-bond acceptors (Lipinski definition) is 1. The Morgan fingerprint density at radius 1 is 1.46 bits per heavy atom. The maximum atomic E-state index is 3.56. The van der Waals surface area contributed by atoms with Gasteiger partial charge in [0.15, 0.2) is 0 Å². The Morgan fingerprint density at radius 2 is 2.15 bits per heavy atom. The van der Waals surface area contributed by atoms with Crippen LogP contribution >= 0.6 is 15.9 Å². The van der Waals surface area contributed by atoms with Crippen LogP contribution in [0.25, 0.3) is 0 Å². The van der Waals surface area contributed by atoms with Crippen molar-refractivity contribution in [1.82, 2.24) is 4.90 Å². The average molecular weight is 248 g/mol. The van der Waals surface area contributed by atoms with Crippen LogP contribution in [0.2, 0.25) is 0 Å². The van der Waals surface area contributed by atoms with Crippen molar-refractivity contribution in [3.63, 3.8) is 0 Å². The van der Waals surface area contributed by atoms with Gasteiger partial charge in [-0.15, -0.1) is 0 Å². The summed E-state index contributed by atoms with van der Waals surface area (Å²) in [7, 11) is 0. The molecule has 0 N–H and O–H groups in total. The Kier molecular flexibility index (Phi) is 4.74. The number of hydrogen-bond donors (Lipinski definition) is 0. The third kappa shape index (κ3) is 2.95. The third-order valence-electron chi connectivity index (χ3n) is 3.21. The Balaban J connectivity index is 2.44. The van der Waals surface area contributed by atoms with Crippen molar-refractivity contribution in [2.75, 3.05) is 11.9 Å². The largest absolute Gasteiger partial charge is 0.297 e. The molecule has 1 aliphatic rings. The van der Waals surface area contributed by atoms with Crippen molar-refractivity contribution in [3.8, 4) is 0 Å². The molecule has 1 fully saturated rings. The fourth-order valence-electron chi connectivity index (χ4n) is 2.30. The minimum atomic E-state index is 0.787. The van der Waals surface area contributed by atoms with Gasteiger partial charge in [-0.25, -0.2) is 0 Å². The highest BCUT2D eigenvalue weighted by Crippen LogP contribution is 2.26. The minimum absolute atomic E-state index is 0.787. The monoisotopic (exact) mass is 247 g/mol. The summed E-state index contributed by atoms with van der Waals surface area (Å²) in [5.74, 6) is 0.787. The molecule has 0 amide bonds. The van der Waals surface area contributed by atoms with Crippen molar-refractivity contribution >= 4 is 15.9 Å². The van der Waals surface area contributed by atoms with Gasteiger partial charge >= 0.3 is 0 Å². The first-order valence-electron chi connectivity index (χ1n) is 5.50. The molecule has 0 aliphatic carbocycles. The van der Waals surface area contributed by atoms with Gasteiger partial charge < -0.3 is 0 Å². The molecule has 0 aromatic carbocycles. The molecule has 3 unspecified atom stereocenters. The Morgan fingerprint density at radius 3 is 2.69 bits per heavy atom. The highest BCUT2D eigenvalue weighted by atomic mass is 79.9. The van der Waals surface area contributed by atoms with Crippen LogP contribution < -0.4 is 0 Å². The molecule has 3 atom stereocenters.